The van der Waals surface area contributed by atoms with Gasteiger partial charge in [-0.25, -0.2) is 15.0 Å². The van der Waals surface area contributed by atoms with Crippen LogP contribution in [-0.4, -0.2) is 46.2 Å². The first-order chi connectivity index (χ1) is 14.0. The number of hydrogen-bond acceptors (Lipinski definition) is 8. The molecule has 2 aromatic rings. The predicted molar refractivity (Wildman–Crippen MR) is 105 cm³/mol. The number of nitrogens with one attached hydrogen (secondary N) is 1. The van der Waals surface area contributed by atoms with E-state index in [0.717, 1.165) is 0 Å². The first-order valence-corrected chi connectivity index (χ1v) is 8.59. The Labute approximate surface area is 168 Å². The minimum absolute atomic E-state index is 0.217. The zero-order chi connectivity index (χ0) is 21.2. The van der Waals surface area contributed by atoms with Crippen LogP contribution in [0.4, 0.5) is 4.79 Å². The van der Waals surface area contributed by atoms with Crippen molar-refractivity contribution in [1.29, 1.82) is 0 Å². The number of methoxy groups -OCH3 is 3. The van der Waals surface area contributed by atoms with E-state index >= 15 is 0 Å². The molecule has 1 N–H and O–H groups in total. The highest BCUT2D eigenvalue weighted by Crippen LogP contribution is 2.29. The molecule has 29 heavy (non-hydrogen) atoms. The van der Waals surface area contributed by atoms with Gasteiger partial charge in [0.25, 0.3) is 0 Å². The molecule has 0 fully saturated rings. The summed E-state index contributed by atoms with van der Waals surface area (Å²) in [5.74, 6) is 0.849. The van der Waals surface area contributed by atoms with Gasteiger partial charge >= 0.3 is 12.1 Å². The third-order valence-corrected chi connectivity index (χ3v) is 3.62. The molecular formula is C20H22N2O7. The van der Waals surface area contributed by atoms with Gasteiger partial charge in [-0.1, -0.05) is 0 Å². The van der Waals surface area contributed by atoms with Gasteiger partial charge in [0.05, 0.1) is 39.7 Å². The van der Waals surface area contributed by atoms with Gasteiger partial charge in [0.2, 0.25) is 0 Å². The highest BCUT2D eigenvalue weighted by atomic mass is 16.6. The standard InChI is InChI=1S/C20H22N2O7/c1-5-28-20(24)22-21-12-13-6-7-17(18(8-13)27-4)29-19(23)14-9-15(25-2)11-16(10-14)26-3/h6-12H,5H2,1-4H3,(H,22,24). The average molecular weight is 402 g/mol. The van der Waals surface area contributed by atoms with Crippen LogP contribution in [-0.2, 0) is 4.74 Å². The maximum absolute atomic E-state index is 12.5. The van der Waals surface area contributed by atoms with E-state index in [2.05, 4.69) is 10.5 Å². The summed E-state index contributed by atoms with van der Waals surface area (Å²) in [7, 11) is 4.42. The Bertz CT molecular complexity index is 874. The lowest BCUT2D eigenvalue weighted by Crippen LogP contribution is -2.18. The number of rotatable bonds is 8. The van der Waals surface area contributed by atoms with Crippen LogP contribution in [0.15, 0.2) is 41.5 Å². The smallest absolute Gasteiger partial charge is 0.427 e. The van der Waals surface area contributed by atoms with Crippen LogP contribution in [0.2, 0.25) is 0 Å². The Balaban J connectivity index is 2.15. The van der Waals surface area contributed by atoms with Crippen molar-refractivity contribution in [3.63, 3.8) is 0 Å². The lowest BCUT2D eigenvalue weighted by molar-refractivity contribution is 0.0729. The average Bonchev–Trinajstić information content (AvgIpc) is 2.74. The van der Waals surface area contributed by atoms with Crippen molar-refractivity contribution in [2.45, 2.75) is 6.92 Å². The Morgan fingerprint density at radius 1 is 0.966 bits per heavy atom. The topological polar surface area (TPSA) is 105 Å². The van der Waals surface area contributed by atoms with Gasteiger partial charge in [-0.3, -0.25) is 0 Å². The van der Waals surface area contributed by atoms with Crippen LogP contribution < -0.4 is 24.4 Å². The summed E-state index contributed by atoms with van der Waals surface area (Å²) < 4.78 is 25.7. The Kier molecular flexibility index (Phi) is 7.84. The number of esters is 1. The molecule has 2 rings (SSSR count). The highest BCUT2D eigenvalue weighted by Gasteiger charge is 2.15. The monoisotopic (exact) mass is 402 g/mol. The molecule has 0 saturated carbocycles. The number of nitrogens with zero attached hydrogens (tertiary/aromatic N) is 1. The van der Waals surface area contributed by atoms with Gasteiger partial charge < -0.3 is 23.7 Å². The molecule has 0 bridgehead atoms. The van der Waals surface area contributed by atoms with E-state index in [1.165, 1.54) is 27.5 Å². The fourth-order valence-corrected chi connectivity index (χ4v) is 2.26. The summed E-state index contributed by atoms with van der Waals surface area (Å²) in [5, 5.41) is 3.77. The lowest BCUT2D eigenvalue weighted by atomic mass is 10.2. The SMILES string of the molecule is CCOC(=O)NN=Cc1ccc(OC(=O)c2cc(OC)cc(OC)c2)c(OC)c1. The lowest BCUT2D eigenvalue weighted by Gasteiger charge is -2.11. The van der Waals surface area contributed by atoms with E-state index < -0.39 is 12.1 Å². The molecule has 0 unspecified atom stereocenters. The number of carbonyl (C=O) groups is 2. The van der Waals surface area contributed by atoms with Crippen molar-refractivity contribution in [2.24, 2.45) is 5.10 Å². The molecule has 0 radical (unpaired) electrons. The number of hydrogen-bond donors (Lipinski definition) is 1. The summed E-state index contributed by atoms with van der Waals surface area (Å²) >= 11 is 0. The molecule has 9 heteroatoms. The molecule has 2 aromatic carbocycles. The number of carbonyl (C=O) groups excluding carboxylic acids is 2. The Morgan fingerprint density at radius 3 is 2.24 bits per heavy atom. The molecule has 9 nitrogen and oxygen atoms in total. The summed E-state index contributed by atoms with van der Waals surface area (Å²) in [6, 6.07) is 9.53. The molecule has 0 atom stereocenters. The normalized spacial score (nSPS) is 10.3. The fraction of sp³-hybridized carbons (Fsp3) is 0.250. The third-order valence-electron chi connectivity index (χ3n) is 3.62. The molecule has 1 amide bonds. The van der Waals surface area contributed by atoms with Crippen molar-refractivity contribution >= 4 is 18.3 Å². The largest absolute Gasteiger partial charge is 0.497 e. The maximum atomic E-state index is 12.5. The van der Waals surface area contributed by atoms with E-state index in [1.807, 2.05) is 0 Å². The van der Waals surface area contributed by atoms with Crippen molar-refractivity contribution in [3.8, 4) is 23.0 Å². The molecule has 0 spiro atoms. The summed E-state index contributed by atoms with van der Waals surface area (Å²) in [5.41, 5.74) is 3.09. The van der Waals surface area contributed by atoms with Gasteiger partial charge in [0.15, 0.2) is 11.5 Å². The molecule has 154 valence electrons. The second kappa shape index (κ2) is 10.5. The Hall–Kier alpha value is -3.75. The number of ether oxygens (including phenoxy) is 5. The fourth-order valence-electron chi connectivity index (χ4n) is 2.26. The zero-order valence-corrected chi connectivity index (χ0v) is 16.6. The second-order valence-electron chi connectivity index (χ2n) is 5.49. The van der Waals surface area contributed by atoms with Gasteiger partial charge in [0.1, 0.15) is 11.5 Å². The molecular weight excluding hydrogens is 380 g/mol. The zero-order valence-electron chi connectivity index (χ0n) is 16.6. The molecule has 0 aromatic heterocycles. The van der Waals surface area contributed by atoms with Crippen LogP contribution in [0.25, 0.3) is 0 Å². The number of benzene rings is 2. The predicted octanol–water partition coefficient (Wildman–Crippen LogP) is 3.01. The van der Waals surface area contributed by atoms with Gasteiger partial charge in [-0.15, -0.1) is 0 Å². The molecule has 0 aliphatic rings. The van der Waals surface area contributed by atoms with E-state index in [9.17, 15) is 9.59 Å². The molecule has 0 aliphatic heterocycles. The summed E-state index contributed by atoms with van der Waals surface area (Å²) in [6.45, 7) is 1.93. The van der Waals surface area contributed by atoms with E-state index in [1.54, 1.807) is 43.3 Å². The second-order valence-corrected chi connectivity index (χ2v) is 5.49. The van der Waals surface area contributed by atoms with E-state index in [4.69, 9.17) is 23.7 Å². The van der Waals surface area contributed by atoms with E-state index in [-0.39, 0.29) is 17.9 Å². The van der Waals surface area contributed by atoms with Gasteiger partial charge in [-0.05, 0) is 42.8 Å². The van der Waals surface area contributed by atoms with Gasteiger partial charge in [0, 0.05) is 6.07 Å². The van der Waals surface area contributed by atoms with Crippen molar-refractivity contribution < 1.29 is 33.3 Å². The summed E-state index contributed by atoms with van der Waals surface area (Å²) in [4.78, 5) is 23.7. The van der Waals surface area contributed by atoms with Crippen LogP contribution in [0.3, 0.4) is 0 Å². The molecule has 0 aliphatic carbocycles. The van der Waals surface area contributed by atoms with Crippen LogP contribution in [0, 0.1) is 0 Å². The first-order valence-electron chi connectivity index (χ1n) is 8.59. The third kappa shape index (κ3) is 6.13. The van der Waals surface area contributed by atoms with Crippen LogP contribution >= 0.6 is 0 Å². The van der Waals surface area contributed by atoms with Crippen LogP contribution in [0.1, 0.15) is 22.8 Å². The quantitative estimate of drug-likeness (QED) is 0.313. The minimum Gasteiger partial charge on any atom is -0.497 e. The minimum atomic E-state index is -0.657. The van der Waals surface area contributed by atoms with E-state index in [0.29, 0.717) is 22.8 Å². The highest BCUT2D eigenvalue weighted by molar-refractivity contribution is 5.92. The van der Waals surface area contributed by atoms with Crippen molar-refractivity contribution in [1.82, 2.24) is 5.43 Å². The number of amides is 1. The number of hydrazone groups is 1. The van der Waals surface area contributed by atoms with Gasteiger partial charge in [-0.2, -0.15) is 5.10 Å². The Morgan fingerprint density at radius 2 is 1.66 bits per heavy atom. The van der Waals surface area contributed by atoms with Crippen molar-refractivity contribution in [2.75, 3.05) is 27.9 Å². The molecule has 0 heterocycles. The first kappa shape index (κ1) is 21.5. The van der Waals surface area contributed by atoms with Crippen molar-refractivity contribution in [3.05, 3.63) is 47.5 Å². The summed E-state index contributed by atoms with van der Waals surface area (Å²) in [6.07, 6.45) is 0.743. The van der Waals surface area contributed by atoms with Crippen LogP contribution in [0.5, 0.6) is 23.0 Å². The maximum Gasteiger partial charge on any atom is 0.427 e. The molecule has 0 saturated heterocycles.